The average molecular weight is 321 g/mol. The van der Waals surface area contributed by atoms with E-state index in [4.69, 9.17) is 0 Å². The third kappa shape index (κ3) is 2.71. The third-order valence-corrected chi connectivity index (χ3v) is 4.53. The minimum atomic E-state index is 0.0853. The van der Waals surface area contributed by atoms with Crippen molar-refractivity contribution in [2.75, 3.05) is 6.54 Å². The lowest BCUT2D eigenvalue weighted by Gasteiger charge is -2.34. The van der Waals surface area contributed by atoms with Gasteiger partial charge in [0.05, 0.1) is 6.20 Å². The zero-order chi connectivity index (χ0) is 16.5. The Hall–Kier alpha value is -2.89. The second-order valence-electron chi connectivity index (χ2n) is 6.18. The quantitative estimate of drug-likeness (QED) is 0.739. The maximum Gasteiger partial charge on any atom is 0.244 e. The smallest absolute Gasteiger partial charge is 0.244 e. The Kier molecular flexibility index (Phi) is 3.65. The molecule has 1 aliphatic heterocycles. The van der Waals surface area contributed by atoms with E-state index in [0.717, 1.165) is 5.56 Å². The van der Waals surface area contributed by atoms with E-state index in [1.807, 2.05) is 47.4 Å². The van der Waals surface area contributed by atoms with E-state index in [2.05, 4.69) is 28.4 Å². The molecule has 1 aromatic carbocycles. The summed E-state index contributed by atoms with van der Waals surface area (Å²) in [4.78, 5) is 14.6. The van der Waals surface area contributed by atoms with E-state index in [1.165, 1.54) is 11.1 Å². The molecule has 1 atom stereocenters. The van der Waals surface area contributed by atoms with Gasteiger partial charge in [0.2, 0.25) is 5.91 Å². The number of benzene rings is 1. The predicted molar refractivity (Wildman–Crippen MR) is 89.1 cm³/mol. The summed E-state index contributed by atoms with van der Waals surface area (Å²) in [5.74, 6) is 0.243. The molecule has 1 unspecified atom stereocenters. The summed E-state index contributed by atoms with van der Waals surface area (Å²) in [7, 11) is 1.92. The Labute approximate surface area is 140 Å². The molecule has 0 saturated heterocycles. The Morgan fingerprint density at radius 3 is 2.88 bits per heavy atom. The molecule has 0 bridgehead atoms. The molecule has 2 aromatic heterocycles. The maximum atomic E-state index is 12.7. The first-order valence-corrected chi connectivity index (χ1v) is 8.02. The van der Waals surface area contributed by atoms with Crippen LogP contribution in [0.25, 0.3) is 0 Å². The van der Waals surface area contributed by atoms with Crippen molar-refractivity contribution in [2.45, 2.75) is 19.0 Å². The van der Waals surface area contributed by atoms with Gasteiger partial charge in [0.25, 0.3) is 0 Å². The summed E-state index contributed by atoms with van der Waals surface area (Å²) in [5, 5.41) is 8.43. The first-order chi connectivity index (χ1) is 11.7. The molecule has 0 aliphatic carbocycles. The molecule has 24 heavy (non-hydrogen) atoms. The predicted octanol–water partition coefficient (Wildman–Crippen LogP) is 1.79. The van der Waals surface area contributed by atoms with Gasteiger partial charge in [-0.25, -0.2) is 0 Å². The van der Waals surface area contributed by atoms with Crippen molar-refractivity contribution in [2.24, 2.45) is 7.05 Å². The van der Waals surface area contributed by atoms with Gasteiger partial charge in [-0.15, -0.1) is 0 Å². The number of carbonyl (C=O) groups excluding carboxylic acids is 1. The minimum Gasteiger partial charge on any atom is -0.336 e. The van der Waals surface area contributed by atoms with Crippen LogP contribution >= 0.6 is 0 Å². The fraction of sp³-hybridized carbons (Fsp3) is 0.278. The second kappa shape index (κ2) is 5.96. The highest BCUT2D eigenvalue weighted by molar-refractivity contribution is 5.76. The molecule has 0 spiro atoms. The number of aromatic nitrogens is 4. The Morgan fingerprint density at radius 2 is 2.12 bits per heavy atom. The third-order valence-electron chi connectivity index (χ3n) is 4.53. The fourth-order valence-electron chi connectivity index (χ4n) is 3.33. The highest BCUT2D eigenvalue weighted by Crippen LogP contribution is 2.33. The van der Waals surface area contributed by atoms with Crippen molar-refractivity contribution in [3.8, 4) is 0 Å². The molecule has 6 heteroatoms. The zero-order valence-corrected chi connectivity index (χ0v) is 13.5. The standard InChI is InChI=1S/C18H19N5O/c1-21-10-15(9-20-21)17-12-22(11-14-5-2-3-6-16(14)17)18(24)13-23-8-4-7-19-23/h2-10,17H,11-13H2,1H3. The van der Waals surface area contributed by atoms with E-state index in [-0.39, 0.29) is 18.4 Å². The van der Waals surface area contributed by atoms with Crippen molar-refractivity contribution in [3.05, 3.63) is 71.8 Å². The molecule has 1 aliphatic rings. The number of hydrogen-bond donors (Lipinski definition) is 0. The van der Waals surface area contributed by atoms with Crippen LogP contribution in [0.4, 0.5) is 0 Å². The normalized spacial score (nSPS) is 16.9. The number of hydrogen-bond acceptors (Lipinski definition) is 3. The largest absolute Gasteiger partial charge is 0.336 e. The molecule has 0 saturated carbocycles. The highest BCUT2D eigenvalue weighted by atomic mass is 16.2. The Bertz CT molecular complexity index is 852. The number of fused-ring (bicyclic) bond motifs is 1. The number of nitrogens with zero attached hydrogens (tertiary/aromatic N) is 5. The van der Waals surface area contributed by atoms with Gasteiger partial charge in [-0.05, 0) is 22.8 Å². The highest BCUT2D eigenvalue weighted by Gasteiger charge is 2.29. The molecule has 6 nitrogen and oxygen atoms in total. The van der Waals surface area contributed by atoms with Gasteiger partial charge >= 0.3 is 0 Å². The summed E-state index contributed by atoms with van der Waals surface area (Å²) in [6, 6.07) is 10.2. The second-order valence-corrected chi connectivity index (χ2v) is 6.18. The topological polar surface area (TPSA) is 56.0 Å². The number of aryl methyl sites for hydroxylation is 1. The van der Waals surface area contributed by atoms with Crippen LogP contribution in [0.3, 0.4) is 0 Å². The van der Waals surface area contributed by atoms with Crippen LogP contribution < -0.4 is 0 Å². The molecular weight excluding hydrogens is 302 g/mol. The summed E-state index contributed by atoms with van der Waals surface area (Å²) >= 11 is 0. The van der Waals surface area contributed by atoms with Gasteiger partial charge < -0.3 is 4.90 Å². The first-order valence-electron chi connectivity index (χ1n) is 8.02. The van der Waals surface area contributed by atoms with Gasteiger partial charge in [0.15, 0.2) is 0 Å². The van der Waals surface area contributed by atoms with E-state index >= 15 is 0 Å². The van der Waals surface area contributed by atoms with Crippen LogP contribution in [-0.2, 0) is 24.9 Å². The van der Waals surface area contributed by atoms with Crippen molar-refractivity contribution in [1.29, 1.82) is 0 Å². The molecule has 4 rings (SSSR count). The van der Waals surface area contributed by atoms with Gasteiger partial charge in [-0.2, -0.15) is 10.2 Å². The van der Waals surface area contributed by atoms with Gasteiger partial charge in [0, 0.05) is 44.6 Å². The Morgan fingerprint density at radius 1 is 1.25 bits per heavy atom. The average Bonchev–Trinajstić information content (AvgIpc) is 3.25. The van der Waals surface area contributed by atoms with E-state index < -0.39 is 0 Å². The van der Waals surface area contributed by atoms with E-state index in [0.29, 0.717) is 13.1 Å². The number of carbonyl (C=O) groups is 1. The lowest BCUT2D eigenvalue weighted by molar-refractivity contribution is -0.133. The molecule has 3 heterocycles. The molecule has 0 radical (unpaired) electrons. The minimum absolute atomic E-state index is 0.0853. The summed E-state index contributed by atoms with van der Waals surface area (Å²) in [6.45, 7) is 1.59. The molecule has 3 aromatic rings. The van der Waals surface area contributed by atoms with Gasteiger partial charge in [0.1, 0.15) is 6.54 Å². The molecule has 0 fully saturated rings. The van der Waals surface area contributed by atoms with Crippen molar-refractivity contribution in [3.63, 3.8) is 0 Å². The molecule has 0 N–H and O–H groups in total. The summed E-state index contributed by atoms with van der Waals surface area (Å²) in [6.07, 6.45) is 7.43. The van der Waals surface area contributed by atoms with Crippen LogP contribution in [0.15, 0.2) is 55.1 Å². The molecule has 122 valence electrons. The monoisotopic (exact) mass is 321 g/mol. The molecule has 1 amide bonds. The van der Waals surface area contributed by atoms with Crippen LogP contribution in [0.5, 0.6) is 0 Å². The van der Waals surface area contributed by atoms with Crippen LogP contribution in [0, 0.1) is 0 Å². The first kappa shape index (κ1) is 14.7. The van der Waals surface area contributed by atoms with Crippen molar-refractivity contribution >= 4 is 5.91 Å². The van der Waals surface area contributed by atoms with Gasteiger partial charge in [-0.3, -0.25) is 14.2 Å². The van der Waals surface area contributed by atoms with Gasteiger partial charge in [-0.1, -0.05) is 24.3 Å². The van der Waals surface area contributed by atoms with Crippen LogP contribution in [-0.4, -0.2) is 36.9 Å². The van der Waals surface area contributed by atoms with Crippen LogP contribution in [0.2, 0.25) is 0 Å². The lowest BCUT2D eigenvalue weighted by atomic mass is 9.86. The van der Waals surface area contributed by atoms with E-state index in [9.17, 15) is 4.79 Å². The van der Waals surface area contributed by atoms with Crippen molar-refractivity contribution in [1.82, 2.24) is 24.5 Å². The number of rotatable bonds is 3. The maximum absolute atomic E-state index is 12.7. The van der Waals surface area contributed by atoms with E-state index in [1.54, 1.807) is 10.9 Å². The summed E-state index contributed by atoms with van der Waals surface area (Å²) in [5.41, 5.74) is 3.63. The summed E-state index contributed by atoms with van der Waals surface area (Å²) < 4.78 is 3.48. The zero-order valence-electron chi connectivity index (χ0n) is 13.5. The lowest BCUT2D eigenvalue weighted by Crippen LogP contribution is -2.40. The van der Waals surface area contributed by atoms with Crippen molar-refractivity contribution < 1.29 is 4.79 Å². The number of amides is 1. The Balaban J connectivity index is 1.63. The fourth-order valence-corrected chi connectivity index (χ4v) is 3.33. The van der Waals surface area contributed by atoms with Crippen LogP contribution in [0.1, 0.15) is 22.6 Å². The SMILES string of the molecule is Cn1cc(C2CN(C(=O)Cn3cccn3)Cc3ccccc32)cn1. The molecular formula is C18H19N5O.